The molecule has 0 amide bonds. The summed E-state index contributed by atoms with van der Waals surface area (Å²) in [6, 6.07) is 6.88. The van der Waals surface area contributed by atoms with Crippen LogP contribution in [0.4, 0.5) is 8.78 Å². The van der Waals surface area contributed by atoms with Gasteiger partial charge in [-0.15, -0.1) is 0 Å². The van der Waals surface area contributed by atoms with Crippen molar-refractivity contribution >= 4 is 22.5 Å². The van der Waals surface area contributed by atoms with Gasteiger partial charge in [-0.1, -0.05) is 23.7 Å². The fourth-order valence-electron chi connectivity index (χ4n) is 2.12. The minimum atomic E-state index is -2.90. The lowest BCUT2D eigenvalue weighted by molar-refractivity contribution is 0.0894. The summed E-state index contributed by atoms with van der Waals surface area (Å²) in [4.78, 5) is 4.12. The number of alkyl halides is 2. The van der Waals surface area contributed by atoms with Crippen LogP contribution >= 0.6 is 11.6 Å². The van der Waals surface area contributed by atoms with Crippen molar-refractivity contribution < 1.29 is 8.78 Å². The smallest absolute Gasteiger partial charge is 0.272 e. The number of nitrogens with two attached hydrogens (primary N) is 1. The maximum atomic E-state index is 13.4. The van der Waals surface area contributed by atoms with Crippen molar-refractivity contribution in [3.05, 3.63) is 41.0 Å². The van der Waals surface area contributed by atoms with Crippen LogP contribution in [0.2, 0.25) is 5.02 Å². The van der Waals surface area contributed by atoms with Crippen LogP contribution in [0.15, 0.2) is 30.5 Å². The molecule has 0 spiro atoms. The molecule has 0 radical (unpaired) electrons. The second-order valence-corrected chi connectivity index (χ2v) is 4.76. The normalized spacial score (nSPS) is 26.1. The molecule has 17 heavy (non-hydrogen) atoms. The first-order chi connectivity index (χ1) is 7.96. The highest BCUT2D eigenvalue weighted by Gasteiger charge is 2.71. The number of fused-ring (bicyclic) bond motifs is 1. The summed E-state index contributed by atoms with van der Waals surface area (Å²) in [5.41, 5.74) is 4.78. The summed E-state index contributed by atoms with van der Waals surface area (Å²) in [6.45, 7) is 0. The Hall–Kier alpha value is -1.26. The number of benzene rings is 1. The van der Waals surface area contributed by atoms with E-state index in [2.05, 4.69) is 4.98 Å². The molecule has 0 saturated heterocycles. The van der Waals surface area contributed by atoms with Crippen LogP contribution in [0.1, 0.15) is 12.0 Å². The molecule has 1 heterocycles. The summed E-state index contributed by atoms with van der Waals surface area (Å²) >= 11 is 6.00. The Kier molecular flexibility index (Phi) is 2.01. The van der Waals surface area contributed by atoms with E-state index in [9.17, 15) is 8.78 Å². The Morgan fingerprint density at radius 3 is 2.65 bits per heavy atom. The predicted octanol–water partition coefficient (Wildman–Crippen LogP) is 3.08. The van der Waals surface area contributed by atoms with Crippen molar-refractivity contribution in [1.82, 2.24) is 4.98 Å². The number of hydrogen-bond acceptors (Lipinski definition) is 2. The molecular weight excluding hydrogens is 246 g/mol. The third-order valence-electron chi connectivity index (χ3n) is 3.20. The molecule has 5 heteroatoms. The molecular formula is C12H9ClF2N2. The van der Waals surface area contributed by atoms with E-state index in [4.69, 9.17) is 17.3 Å². The molecule has 2 nitrogen and oxygen atoms in total. The van der Waals surface area contributed by atoms with Crippen molar-refractivity contribution in [2.45, 2.75) is 17.9 Å². The molecule has 1 aliphatic carbocycles. The lowest BCUT2D eigenvalue weighted by Crippen LogP contribution is -2.28. The molecule has 0 aliphatic heterocycles. The summed E-state index contributed by atoms with van der Waals surface area (Å²) in [7, 11) is 0. The zero-order chi connectivity index (χ0) is 12.3. The monoisotopic (exact) mass is 254 g/mol. The van der Waals surface area contributed by atoms with E-state index in [-0.39, 0.29) is 17.0 Å². The first-order valence-corrected chi connectivity index (χ1v) is 5.54. The third-order valence-corrected chi connectivity index (χ3v) is 3.51. The molecule has 88 valence electrons. The summed E-state index contributed by atoms with van der Waals surface area (Å²) in [6.07, 6.45) is 1.17. The molecule has 1 unspecified atom stereocenters. The number of aromatic nitrogens is 1. The van der Waals surface area contributed by atoms with Crippen LogP contribution in [-0.2, 0) is 5.54 Å². The number of rotatable bonds is 1. The molecule has 1 aliphatic rings. The van der Waals surface area contributed by atoms with Gasteiger partial charge in [-0.25, -0.2) is 8.78 Å². The van der Waals surface area contributed by atoms with Crippen molar-refractivity contribution in [2.24, 2.45) is 5.73 Å². The van der Waals surface area contributed by atoms with Crippen molar-refractivity contribution in [1.29, 1.82) is 0 Å². The van der Waals surface area contributed by atoms with E-state index in [1.54, 1.807) is 30.5 Å². The molecule has 1 fully saturated rings. The summed E-state index contributed by atoms with van der Waals surface area (Å²) in [5, 5.41) is 1.01. The van der Waals surface area contributed by atoms with Crippen molar-refractivity contribution in [2.75, 3.05) is 0 Å². The third kappa shape index (κ3) is 1.37. The van der Waals surface area contributed by atoms with Gasteiger partial charge in [-0.05, 0) is 12.1 Å². The highest BCUT2D eigenvalue weighted by atomic mass is 35.5. The lowest BCUT2D eigenvalue weighted by Gasteiger charge is -2.15. The molecule has 1 saturated carbocycles. The Bertz CT molecular complexity index is 614. The lowest BCUT2D eigenvalue weighted by atomic mass is 10.0. The summed E-state index contributed by atoms with van der Waals surface area (Å²) in [5.74, 6) is -2.90. The largest absolute Gasteiger partial charge is 0.316 e. The van der Waals surface area contributed by atoms with Gasteiger partial charge >= 0.3 is 0 Å². The average molecular weight is 255 g/mol. The maximum absolute atomic E-state index is 13.4. The van der Waals surface area contributed by atoms with Crippen LogP contribution in [-0.4, -0.2) is 10.9 Å². The molecule has 2 N–H and O–H groups in total. The topological polar surface area (TPSA) is 38.9 Å². The Morgan fingerprint density at radius 2 is 2.00 bits per heavy atom. The Morgan fingerprint density at radius 1 is 1.29 bits per heavy atom. The van der Waals surface area contributed by atoms with Crippen LogP contribution in [0.25, 0.3) is 10.9 Å². The van der Waals surface area contributed by atoms with E-state index in [1.165, 1.54) is 0 Å². The second kappa shape index (κ2) is 3.15. The molecule has 1 atom stereocenters. The zero-order valence-electron chi connectivity index (χ0n) is 8.75. The highest BCUT2D eigenvalue weighted by Crippen LogP contribution is 2.59. The van der Waals surface area contributed by atoms with Gasteiger partial charge in [0, 0.05) is 28.6 Å². The fraction of sp³-hybridized carbons (Fsp3) is 0.250. The van der Waals surface area contributed by atoms with E-state index >= 15 is 0 Å². The van der Waals surface area contributed by atoms with E-state index in [1.807, 2.05) is 0 Å². The molecule has 0 bridgehead atoms. The van der Waals surface area contributed by atoms with Gasteiger partial charge in [0.25, 0.3) is 5.92 Å². The summed E-state index contributed by atoms with van der Waals surface area (Å²) < 4.78 is 26.7. The number of hydrogen-bond donors (Lipinski definition) is 1. The minimum absolute atomic E-state index is 0.246. The van der Waals surface area contributed by atoms with Gasteiger partial charge < -0.3 is 5.73 Å². The van der Waals surface area contributed by atoms with Crippen LogP contribution in [0.3, 0.4) is 0 Å². The van der Waals surface area contributed by atoms with Crippen molar-refractivity contribution in [3.8, 4) is 0 Å². The quantitative estimate of drug-likeness (QED) is 0.849. The van der Waals surface area contributed by atoms with E-state index < -0.39 is 11.5 Å². The van der Waals surface area contributed by atoms with Gasteiger partial charge in [-0.2, -0.15) is 0 Å². The standard InChI is InChI=1S/C12H9ClF2N2/c13-8-4-3-7-2-1-5-17-10(7)9(8)11(16)6-12(11,14)15/h1-5H,6,16H2. The first kappa shape index (κ1) is 10.9. The van der Waals surface area contributed by atoms with E-state index in [0.29, 0.717) is 5.52 Å². The number of halogens is 3. The van der Waals surface area contributed by atoms with Gasteiger partial charge in [0.2, 0.25) is 0 Å². The molecule has 1 aromatic heterocycles. The van der Waals surface area contributed by atoms with E-state index in [0.717, 1.165) is 5.39 Å². The van der Waals surface area contributed by atoms with Crippen molar-refractivity contribution in [3.63, 3.8) is 0 Å². The SMILES string of the molecule is NC1(c2c(Cl)ccc3cccnc23)CC1(F)F. The van der Waals surface area contributed by atoms with Crippen LogP contribution in [0.5, 0.6) is 0 Å². The molecule has 1 aromatic carbocycles. The first-order valence-electron chi connectivity index (χ1n) is 5.16. The fourth-order valence-corrected chi connectivity index (χ4v) is 2.44. The highest BCUT2D eigenvalue weighted by molar-refractivity contribution is 6.32. The predicted molar refractivity (Wildman–Crippen MR) is 62.2 cm³/mol. The average Bonchev–Trinajstić information content (AvgIpc) is 2.78. The Balaban J connectivity index is 2.33. The van der Waals surface area contributed by atoms with Gasteiger partial charge in [-0.3, -0.25) is 4.98 Å². The maximum Gasteiger partial charge on any atom is 0.272 e. The minimum Gasteiger partial charge on any atom is -0.316 e. The van der Waals surface area contributed by atoms with Crippen LogP contribution < -0.4 is 5.73 Å². The van der Waals surface area contributed by atoms with Crippen LogP contribution in [0, 0.1) is 0 Å². The second-order valence-electron chi connectivity index (χ2n) is 4.35. The molecule has 2 aromatic rings. The number of pyridine rings is 1. The zero-order valence-corrected chi connectivity index (χ0v) is 9.51. The van der Waals surface area contributed by atoms with Gasteiger partial charge in [0.1, 0.15) is 5.54 Å². The van der Waals surface area contributed by atoms with Gasteiger partial charge in [0.15, 0.2) is 0 Å². The molecule has 3 rings (SSSR count). The number of nitrogens with zero attached hydrogens (tertiary/aromatic N) is 1. The Labute approximate surface area is 101 Å². The van der Waals surface area contributed by atoms with Gasteiger partial charge in [0.05, 0.1) is 5.52 Å².